The lowest BCUT2D eigenvalue weighted by atomic mass is 9.93. The molecule has 1 aromatic carbocycles. The summed E-state index contributed by atoms with van der Waals surface area (Å²) in [5.74, 6) is 1.69. The van der Waals surface area contributed by atoms with E-state index in [9.17, 15) is 5.11 Å². The van der Waals surface area contributed by atoms with Gasteiger partial charge >= 0.3 is 0 Å². The molecule has 0 radical (unpaired) electrons. The van der Waals surface area contributed by atoms with E-state index in [0.717, 1.165) is 28.6 Å². The molecule has 1 heterocycles. The SMILES string of the molecule is CCCC(C)C(O)c1cc(Br)c2c(c1)OCCO2. The van der Waals surface area contributed by atoms with Crippen LogP contribution in [0.2, 0.25) is 0 Å². The Hall–Kier alpha value is -0.740. The summed E-state index contributed by atoms with van der Waals surface area (Å²) in [7, 11) is 0. The molecular weight excluding hydrogens is 296 g/mol. The van der Waals surface area contributed by atoms with Gasteiger partial charge in [0.25, 0.3) is 0 Å². The van der Waals surface area contributed by atoms with Gasteiger partial charge in [0, 0.05) is 0 Å². The molecule has 0 aromatic heterocycles. The van der Waals surface area contributed by atoms with Crippen LogP contribution in [0.1, 0.15) is 38.4 Å². The van der Waals surface area contributed by atoms with Gasteiger partial charge in [-0.15, -0.1) is 0 Å². The Labute approximate surface area is 116 Å². The highest BCUT2D eigenvalue weighted by atomic mass is 79.9. The predicted octanol–water partition coefficient (Wildman–Crippen LogP) is 3.69. The van der Waals surface area contributed by atoms with Crippen molar-refractivity contribution in [3.05, 3.63) is 22.2 Å². The van der Waals surface area contributed by atoms with Crippen LogP contribution >= 0.6 is 15.9 Å². The van der Waals surface area contributed by atoms with E-state index in [4.69, 9.17) is 9.47 Å². The summed E-state index contributed by atoms with van der Waals surface area (Å²) in [5.41, 5.74) is 0.882. The monoisotopic (exact) mass is 314 g/mol. The van der Waals surface area contributed by atoms with Crippen molar-refractivity contribution in [2.24, 2.45) is 5.92 Å². The Balaban J connectivity index is 2.26. The zero-order valence-electron chi connectivity index (χ0n) is 10.8. The van der Waals surface area contributed by atoms with Crippen LogP contribution in [-0.2, 0) is 0 Å². The average Bonchev–Trinajstić information content (AvgIpc) is 2.38. The van der Waals surface area contributed by atoms with Crippen LogP contribution in [0.3, 0.4) is 0 Å². The smallest absolute Gasteiger partial charge is 0.175 e. The molecule has 1 aliphatic heterocycles. The molecule has 0 bridgehead atoms. The normalized spacial score (nSPS) is 17.3. The van der Waals surface area contributed by atoms with E-state index < -0.39 is 6.10 Å². The van der Waals surface area contributed by atoms with Crippen molar-refractivity contribution in [3.63, 3.8) is 0 Å². The van der Waals surface area contributed by atoms with E-state index in [1.165, 1.54) is 0 Å². The highest BCUT2D eigenvalue weighted by molar-refractivity contribution is 9.10. The molecule has 2 atom stereocenters. The van der Waals surface area contributed by atoms with Gasteiger partial charge in [-0.25, -0.2) is 0 Å². The molecule has 0 fully saturated rings. The van der Waals surface area contributed by atoms with Gasteiger partial charge in [0.15, 0.2) is 11.5 Å². The van der Waals surface area contributed by atoms with Gasteiger partial charge in [-0.3, -0.25) is 0 Å². The van der Waals surface area contributed by atoms with Gasteiger partial charge in [0.2, 0.25) is 0 Å². The maximum Gasteiger partial charge on any atom is 0.175 e. The highest BCUT2D eigenvalue weighted by Gasteiger charge is 2.21. The number of hydrogen-bond acceptors (Lipinski definition) is 3. The van der Waals surface area contributed by atoms with Crippen molar-refractivity contribution >= 4 is 15.9 Å². The molecule has 0 saturated heterocycles. The number of ether oxygens (including phenoxy) is 2. The maximum absolute atomic E-state index is 10.3. The number of halogens is 1. The van der Waals surface area contributed by atoms with Gasteiger partial charge in [-0.1, -0.05) is 20.3 Å². The fraction of sp³-hybridized carbons (Fsp3) is 0.571. The van der Waals surface area contributed by atoms with Crippen LogP contribution < -0.4 is 9.47 Å². The highest BCUT2D eigenvalue weighted by Crippen LogP contribution is 2.41. The van der Waals surface area contributed by atoms with Crippen LogP contribution in [0.5, 0.6) is 11.5 Å². The number of hydrogen-bond donors (Lipinski definition) is 1. The minimum absolute atomic E-state index is 0.240. The average molecular weight is 315 g/mol. The van der Waals surface area contributed by atoms with Crippen LogP contribution in [0.4, 0.5) is 0 Å². The second-order valence-electron chi connectivity index (χ2n) is 4.74. The molecule has 0 aliphatic carbocycles. The van der Waals surface area contributed by atoms with Crippen LogP contribution in [0.15, 0.2) is 16.6 Å². The fourth-order valence-electron chi connectivity index (χ4n) is 2.24. The molecule has 1 aliphatic rings. The Morgan fingerprint density at radius 3 is 2.78 bits per heavy atom. The van der Waals surface area contributed by atoms with Crippen LogP contribution in [-0.4, -0.2) is 18.3 Å². The third-order valence-electron chi connectivity index (χ3n) is 3.24. The van der Waals surface area contributed by atoms with E-state index in [1.807, 2.05) is 12.1 Å². The number of aliphatic hydroxyl groups excluding tert-OH is 1. The van der Waals surface area contributed by atoms with Gasteiger partial charge < -0.3 is 14.6 Å². The first kappa shape index (κ1) is 13.7. The first-order valence-electron chi connectivity index (χ1n) is 6.40. The second-order valence-corrected chi connectivity index (χ2v) is 5.59. The lowest BCUT2D eigenvalue weighted by Gasteiger charge is -2.23. The van der Waals surface area contributed by atoms with E-state index in [-0.39, 0.29) is 5.92 Å². The number of benzene rings is 1. The lowest BCUT2D eigenvalue weighted by Crippen LogP contribution is -2.17. The number of fused-ring (bicyclic) bond motifs is 1. The summed E-state index contributed by atoms with van der Waals surface area (Å²) in [5, 5.41) is 10.3. The summed E-state index contributed by atoms with van der Waals surface area (Å²) in [6, 6.07) is 3.81. The first-order valence-corrected chi connectivity index (χ1v) is 7.20. The summed E-state index contributed by atoms with van der Waals surface area (Å²) in [4.78, 5) is 0. The predicted molar refractivity (Wildman–Crippen MR) is 74.2 cm³/mol. The molecule has 2 rings (SSSR count). The molecule has 18 heavy (non-hydrogen) atoms. The molecule has 1 aromatic rings. The molecule has 1 N–H and O–H groups in total. The van der Waals surface area contributed by atoms with Crippen molar-refractivity contribution in [1.29, 1.82) is 0 Å². The minimum atomic E-state index is -0.461. The minimum Gasteiger partial charge on any atom is -0.486 e. The third-order valence-corrected chi connectivity index (χ3v) is 3.83. The summed E-state index contributed by atoms with van der Waals surface area (Å²) < 4.78 is 12.0. The standard InChI is InChI=1S/C14H19BrO3/c1-3-4-9(2)13(16)10-7-11(15)14-12(8-10)17-5-6-18-14/h7-9,13,16H,3-6H2,1-2H3. The van der Waals surface area contributed by atoms with Gasteiger partial charge in [0.1, 0.15) is 13.2 Å². The van der Waals surface area contributed by atoms with Crippen molar-refractivity contribution in [2.75, 3.05) is 13.2 Å². The zero-order valence-corrected chi connectivity index (χ0v) is 12.4. The van der Waals surface area contributed by atoms with E-state index in [2.05, 4.69) is 29.8 Å². The summed E-state index contributed by atoms with van der Waals surface area (Å²) in [6.07, 6.45) is 1.62. The van der Waals surface area contributed by atoms with Crippen molar-refractivity contribution in [2.45, 2.75) is 32.8 Å². The molecule has 100 valence electrons. The Kier molecular flexibility index (Phi) is 4.51. The molecule has 0 amide bonds. The van der Waals surface area contributed by atoms with Crippen molar-refractivity contribution in [3.8, 4) is 11.5 Å². The van der Waals surface area contributed by atoms with Crippen molar-refractivity contribution < 1.29 is 14.6 Å². The van der Waals surface area contributed by atoms with Gasteiger partial charge in [-0.05, 0) is 46.0 Å². The molecular formula is C14H19BrO3. The Morgan fingerprint density at radius 2 is 2.06 bits per heavy atom. The number of rotatable bonds is 4. The Morgan fingerprint density at radius 1 is 1.33 bits per heavy atom. The molecule has 3 nitrogen and oxygen atoms in total. The number of aliphatic hydroxyl groups is 1. The van der Waals surface area contributed by atoms with Crippen LogP contribution in [0.25, 0.3) is 0 Å². The maximum atomic E-state index is 10.3. The van der Waals surface area contributed by atoms with E-state index in [0.29, 0.717) is 19.0 Å². The van der Waals surface area contributed by atoms with Crippen LogP contribution in [0, 0.1) is 5.92 Å². The second kappa shape index (κ2) is 5.93. The van der Waals surface area contributed by atoms with E-state index in [1.54, 1.807) is 0 Å². The molecule has 0 saturated carbocycles. The first-order chi connectivity index (χ1) is 8.63. The zero-order chi connectivity index (χ0) is 13.1. The fourth-order valence-corrected chi connectivity index (χ4v) is 2.82. The van der Waals surface area contributed by atoms with Gasteiger partial charge in [0.05, 0.1) is 10.6 Å². The lowest BCUT2D eigenvalue weighted by molar-refractivity contribution is 0.111. The van der Waals surface area contributed by atoms with Gasteiger partial charge in [-0.2, -0.15) is 0 Å². The largest absolute Gasteiger partial charge is 0.486 e. The molecule has 4 heteroatoms. The quantitative estimate of drug-likeness (QED) is 0.921. The Bertz CT molecular complexity index is 420. The van der Waals surface area contributed by atoms with Crippen molar-refractivity contribution in [1.82, 2.24) is 0 Å². The van der Waals surface area contributed by atoms with E-state index >= 15 is 0 Å². The molecule has 0 spiro atoms. The summed E-state index contributed by atoms with van der Waals surface area (Å²) >= 11 is 3.47. The topological polar surface area (TPSA) is 38.7 Å². The molecule has 2 unspecified atom stereocenters. The third kappa shape index (κ3) is 2.81. The summed E-state index contributed by atoms with van der Waals surface area (Å²) in [6.45, 7) is 5.32.